The third kappa shape index (κ3) is 5.68. The van der Waals surface area contributed by atoms with Crippen LogP contribution < -0.4 is 16.0 Å². The number of hydrogen-bond donors (Lipinski definition) is 4. The van der Waals surface area contributed by atoms with E-state index in [0.717, 1.165) is 54.5 Å². The van der Waals surface area contributed by atoms with E-state index in [1.54, 1.807) is 11.1 Å². The minimum absolute atomic E-state index is 0.154. The number of carbonyl (C=O) groups excluding carboxylic acids is 3. The Morgan fingerprint density at radius 3 is 2.76 bits per heavy atom. The lowest BCUT2D eigenvalue weighted by molar-refractivity contribution is -0.136. The molecule has 0 bridgehead atoms. The number of nitrogens with zero attached hydrogens (tertiary/aromatic N) is 3. The SMILES string of the molecule is N=C/C(=C\NC1CC(CCCNc2ccc3c(c2)C(=O)N(C2CCC(=O)NC2=O)C3)C1)c1cnc2ccccc2n1. The number of hydrogen-bond acceptors (Lipinski definition) is 8. The summed E-state index contributed by atoms with van der Waals surface area (Å²) >= 11 is 0. The normalized spacial score (nSPS) is 22.2. The molecule has 2 aromatic carbocycles. The molecule has 4 N–H and O–H groups in total. The standard InChI is InChI=1S/C31H33N7O3/c32-15-21(27-17-35-25-5-1-2-6-26(25)36-27)16-34-23-12-19(13-23)4-3-11-33-22-8-7-20-18-38(31(41)24(20)14-22)28-9-10-29(39)37-30(28)40/h1-2,5-8,14-17,19,23,28,32-34H,3-4,9-13,18H2,(H,37,39,40)/b21-16+,32-15?. The Balaban J connectivity index is 0.934. The zero-order chi connectivity index (χ0) is 28.3. The summed E-state index contributed by atoms with van der Waals surface area (Å²) in [4.78, 5) is 47.4. The Bertz CT molecular complexity index is 1550. The van der Waals surface area contributed by atoms with Crippen LogP contribution in [0.4, 0.5) is 5.69 Å². The fourth-order valence-corrected chi connectivity index (χ4v) is 5.89. The molecule has 2 aliphatic heterocycles. The van der Waals surface area contributed by atoms with Gasteiger partial charge in [0.25, 0.3) is 5.91 Å². The fraction of sp³-hybridized carbons (Fsp3) is 0.355. The van der Waals surface area contributed by atoms with Gasteiger partial charge in [0.05, 0.1) is 22.9 Å². The first-order valence-electron chi connectivity index (χ1n) is 14.2. The van der Waals surface area contributed by atoms with Gasteiger partial charge in [-0.15, -0.1) is 0 Å². The van der Waals surface area contributed by atoms with Crippen molar-refractivity contribution < 1.29 is 14.4 Å². The number of benzene rings is 2. The lowest BCUT2D eigenvalue weighted by atomic mass is 9.77. The minimum Gasteiger partial charge on any atom is -0.388 e. The topological polar surface area (TPSA) is 140 Å². The van der Waals surface area contributed by atoms with Crippen LogP contribution in [0.3, 0.4) is 0 Å². The lowest BCUT2D eigenvalue weighted by Gasteiger charge is -2.36. The van der Waals surface area contributed by atoms with Gasteiger partial charge in [-0.3, -0.25) is 24.7 Å². The molecule has 1 atom stereocenters. The highest BCUT2D eigenvalue weighted by atomic mass is 16.2. The second kappa shape index (κ2) is 11.5. The van der Waals surface area contributed by atoms with Crippen LogP contribution in [0.5, 0.6) is 0 Å². The quantitative estimate of drug-likeness (QED) is 0.171. The number of nitrogens with one attached hydrogen (secondary N) is 4. The maximum Gasteiger partial charge on any atom is 0.255 e. The summed E-state index contributed by atoms with van der Waals surface area (Å²) < 4.78 is 0. The van der Waals surface area contributed by atoms with Crippen molar-refractivity contribution in [2.24, 2.45) is 5.92 Å². The van der Waals surface area contributed by atoms with E-state index >= 15 is 0 Å². The maximum atomic E-state index is 13.0. The summed E-state index contributed by atoms with van der Waals surface area (Å²) in [6.45, 7) is 1.21. The Labute approximate surface area is 238 Å². The molecule has 3 aliphatic rings. The average molecular weight is 552 g/mol. The molecule has 0 radical (unpaired) electrons. The summed E-state index contributed by atoms with van der Waals surface area (Å²) in [6.07, 6.45) is 9.85. The van der Waals surface area contributed by atoms with E-state index in [-0.39, 0.29) is 24.1 Å². The molecule has 3 heterocycles. The van der Waals surface area contributed by atoms with Gasteiger partial charge in [0.1, 0.15) is 6.04 Å². The highest BCUT2D eigenvalue weighted by Gasteiger charge is 2.39. The van der Waals surface area contributed by atoms with E-state index in [4.69, 9.17) is 5.41 Å². The number of fused-ring (bicyclic) bond motifs is 2. The van der Waals surface area contributed by atoms with Crippen molar-refractivity contribution in [2.45, 2.75) is 57.2 Å². The van der Waals surface area contributed by atoms with Crippen LogP contribution in [0.2, 0.25) is 0 Å². The average Bonchev–Trinajstić information content (AvgIpc) is 3.28. The first-order valence-corrected chi connectivity index (χ1v) is 14.2. The number of para-hydroxylation sites is 2. The van der Waals surface area contributed by atoms with E-state index in [1.807, 2.05) is 48.7 Å². The number of amides is 3. The van der Waals surface area contributed by atoms with Crippen molar-refractivity contribution in [1.29, 1.82) is 5.41 Å². The van der Waals surface area contributed by atoms with Crippen molar-refractivity contribution in [3.63, 3.8) is 0 Å². The molecule has 1 saturated heterocycles. The molecule has 1 aromatic heterocycles. The molecule has 3 aromatic rings. The predicted octanol–water partition coefficient (Wildman–Crippen LogP) is 3.64. The summed E-state index contributed by atoms with van der Waals surface area (Å²) in [7, 11) is 0. The van der Waals surface area contributed by atoms with E-state index in [2.05, 4.69) is 25.9 Å². The largest absolute Gasteiger partial charge is 0.388 e. The highest BCUT2D eigenvalue weighted by Crippen LogP contribution is 2.32. The lowest BCUT2D eigenvalue weighted by Crippen LogP contribution is -2.52. The van der Waals surface area contributed by atoms with Gasteiger partial charge in [-0.2, -0.15) is 0 Å². The molecular weight excluding hydrogens is 518 g/mol. The van der Waals surface area contributed by atoms with Crippen molar-refractivity contribution >= 4 is 46.2 Å². The van der Waals surface area contributed by atoms with Gasteiger partial charge in [0.15, 0.2) is 0 Å². The molecule has 2 fully saturated rings. The smallest absolute Gasteiger partial charge is 0.255 e. The first-order chi connectivity index (χ1) is 20.0. The van der Waals surface area contributed by atoms with Crippen LogP contribution in [-0.4, -0.2) is 57.4 Å². The van der Waals surface area contributed by atoms with Crippen molar-refractivity contribution in [3.05, 3.63) is 71.7 Å². The molecule has 41 heavy (non-hydrogen) atoms. The summed E-state index contributed by atoms with van der Waals surface area (Å²) in [5.74, 6) is -0.162. The number of piperidine rings is 1. The molecule has 210 valence electrons. The number of imide groups is 1. The fourth-order valence-electron chi connectivity index (χ4n) is 5.89. The van der Waals surface area contributed by atoms with Crippen molar-refractivity contribution in [2.75, 3.05) is 11.9 Å². The number of anilines is 1. The predicted molar refractivity (Wildman–Crippen MR) is 156 cm³/mol. The molecule has 1 unspecified atom stereocenters. The van der Waals surface area contributed by atoms with Gasteiger partial charge < -0.3 is 20.9 Å². The second-order valence-electron chi connectivity index (χ2n) is 11.0. The third-order valence-electron chi connectivity index (χ3n) is 8.26. The second-order valence-corrected chi connectivity index (χ2v) is 11.0. The van der Waals surface area contributed by atoms with Crippen LogP contribution in [0, 0.1) is 11.3 Å². The van der Waals surface area contributed by atoms with E-state index in [1.165, 1.54) is 6.21 Å². The molecule has 1 aliphatic carbocycles. The maximum absolute atomic E-state index is 13.0. The van der Waals surface area contributed by atoms with Crippen LogP contribution in [0.15, 0.2) is 54.9 Å². The number of carbonyl (C=O) groups is 3. The van der Waals surface area contributed by atoms with Crippen LogP contribution in [-0.2, 0) is 16.1 Å². The number of allylic oxidation sites excluding steroid dienone is 1. The Hall–Kier alpha value is -4.60. The zero-order valence-corrected chi connectivity index (χ0v) is 22.7. The van der Waals surface area contributed by atoms with Gasteiger partial charge in [-0.25, -0.2) is 4.98 Å². The van der Waals surface area contributed by atoms with Gasteiger partial charge in [-0.1, -0.05) is 18.2 Å². The summed E-state index contributed by atoms with van der Waals surface area (Å²) in [6, 6.07) is 13.3. The van der Waals surface area contributed by atoms with Gasteiger partial charge in [0, 0.05) is 54.8 Å². The van der Waals surface area contributed by atoms with Gasteiger partial charge >= 0.3 is 0 Å². The minimum atomic E-state index is -0.593. The van der Waals surface area contributed by atoms with E-state index in [9.17, 15) is 14.4 Å². The Morgan fingerprint density at radius 1 is 1.12 bits per heavy atom. The van der Waals surface area contributed by atoms with E-state index in [0.29, 0.717) is 41.8 Å². The van der Waals surface area contributed by atoms with Crippen molar-refractivity contribution in [3.8, 4) is 0 Å². The Kier molecular flexibility index (Phi) is 7.45. The number of aromatic nitrogens is 2. The summed E-state index contributed by atoms with van der Waals surface area (Å²) in [5, 5.41) is 17.0. The molecular formula is C31H33N7O3. The summed E-state index contributed by atoms with van der Waals surface area (Å²) in [5.41, 5.74) is 5.48. The van der Waals surface area contributed by atoms with Gasteiger partial charge in [0.2, 0.25) is 11.8 Å². The molecule has 3 amide bonds. The molecule has 1 saturated carbocycles. The monoisotopic (exact) mass is 551 g/mol. The molecule has 0 spiro atoms. The highest BCUT2D eigenvalue weighted by molar-refractivity contribution is 6.07. The third-order valence-corrected chi connectivity index (χ3v) is 8.26. The van der Waals surface area contributed by atoms with Crippen LogP contribution >= 0.6 is 0 Å². The molecule has 6 rings (SSSR count). The van der Waals surface area contributed by atoms with Crippen molar-refractivity contribution in [1.82, 2.24) is 25.5 Å². The van der Waals surface area contributed by atoms with Crippen LogP contribution in [0.25, 0.3) is 16.6 Å². The number of rotatable bonds is 10. The Morgan fingerprint density at radius 2 is 1.95 bits per heavy atom. The molecule has 10 heteroatoms. The molecule has 10 nitrogen and oxygen atoms in total. The van der Waals surface area contributed by atoms with Gasteiger partial charge in [-0.05, 0) is 67.9 Å². The van der Waals surface area contributed by atoms with E-state index < -0.39 is 6.04 Å². The first kappa shape index (κ1) is 26.6. The van der Waals surface area contributed by atoms with Crippen LogP contribution in [0.1, 0.15) is 60.1 Å². The zero-order valence-electron chi connectivity index (χ0n) is 22.7.